The zero-order chi connectivity index (χ0) is 17.4. The van der Waals surface area contributed by atoms with Gasteiger partial charge in [0.05, 0.1) is 5.75 Å². The molecular weight excluding hydrogens is 322 g/mol. The second-order valence-corrected chi connectivity index (χ2v) is 8.09. The van der Waals surface area contributed by atoms with E-state index < -0.39 is 10.0 Å². The van der Waals surface area contributed by atoms with Crippen molar-refractivity contribution in [2.45, 2.75) is 45.4 Å². The molecule has 0 spiro atoms. The van der Waals surface area contributed by atoms with Crippen molar-refractivity contribution in [3.05, 3.63) is 48.0 Å². The Bertz CT molecular complexity index is 743. The summed E-state index contributed by atoms with van der Waals surface area (Å²) in [5.41, 5.74) is 1.13. The van der Waals surface area contributed by atoms with Crippen molar-refractivity contribution in [3.8, 4) is 0 Å². The molecule has 0 aliphatic rings. The molecule has 2 aromatic rings. The molecule has 131 valence electrons. The van der Waals surface area contributed by atoms with Crippen LogP contribution < -0.4 is 4.89 Å². The number of fused-ring (bicyclic) bond motifs is 1. The normalized spacial score (nSPS) is 13.2. The minimum Gasteiger partial charge on any atom is -0.283 e. The van der Waals surface area contributed by atoms with Gasteiger partial charge in [0.2, 0.25) is 0 Å². The SMILES string of the molecule is CCCCCCC(Cc1ccc2ccccc2c1)CS(=O)(=O)[N]O. The lowest BCUT2D eigenvalue weighted by atomic mass is 9.94. The van der Waals surface area contributed by atoms with Crippen LogP contribution in [0.3, 0.4) is 0 Å². The average Bonchev–Trinajstić information content (AvgIpc) is 2.58. The summed E-state index contributed by atoms with van der Waals surface area (Å²) in [7, 11) is -3.74. The van der Waals surface area contributed by atoms with Gasteiger partial charge >= 0.3 is 0 Å². The molecule has 0 fully saturated rings. The quantitative estimate of drug-likeness (QED) is 0.514. The van der Waals surface area contributed by atoms with Crippen molar-refractivity contribution >= 4 is 20.8 Å². The highest BCUT2D eigenvalue weighted by Crippen LogP contribution is 2.22. The molecule has 1 N–H and O–H groups in total. The van der Waals surface area contributed by atoms with Crippen LogP contribution in [0.25, 0.3) is 10.8 Å². The van der Waals surface area contributed by atoms with Crippen LogP contribution in [0.4, 0.5) is 0 Å². The van der Waals surface area contributed by atoms with Crippen LogP contribution >= 0.6 is 0 Å². The Hall–Kier alpha value is -1.43. The lowest BCUT2D eigenvalue weighted by Gasteiger charge is -2.16. The lowest BCUT2D eigenvalue weighted by Crippen LogP contribution is -2.24. The molecule has 5 heteroatoms. The van der Waals surface area contributed by atoms with E-state index in [1.54, 1.807) is 0 Å². The highest BCUT2D eigenvalue weighted by atomic mass is 32.2. The second-order valence-electron chi connectivity index (χ2n) is 6.43. The number of rotatable bonds is 10. The Morgan fingerprint density at radius 3 is 2.50 bits per heavy atom. The number of hydrogen-bond donors (Lipinski definition) is 1. The first-order valence-electron chi connectivity index (χ1n) is 8.61. The third-order valence-corrected chi connectivity index (χ3v) is 5.52. The Kier molecular flexibility index (Phi) is 7.21. The van der Waals surface area contributed by atoms with Crippen LogP contribution in [0.15, 0.2) is 42.5 Å². The Morgan fingerprint density at radius 1 is 1.04 bits per heavy atom. The molecule has 1 unspecified atom stereocenters. The van der Waals surface area contributed by atoms with Crippen LogP contribution in [-0.4, -0.2) is 19.4 Å². The van der Waals surface area contributed by atoms with Gasteiger partial charge in [-0.15, -0.1) is 0 Å². The first-order chi connectivity index (χ1) is 11.5. The molecule has 0 aliphatic carbocycles. The summed E-state index contributed by atoms with van der Waals surface area (Å²) in [5, 5.41) is 11.0. The van der Waals surface area contributed by atoms with Crippen LogP contribution in [-0.2, 0) is 16.4 Å². The maximum Gasteiger partial charge on any atom is 0.253 e. The van der Waals surface area contributed by atoms with Gasteiger partial charge in [-0.05, 0) is 35.1 Å². The summed E-state index contributed by atoms with van der Waals surface area (Å²) < 4.78 is 23.4. The summed E-state index contributed by atoms with van der Waals surface area (Å²) in [6.45, 7) is 2.15. The Balaban J connectivity index is 2.09. The molecule has 0 bridgehead atoms. The predicted molar refractivity (Wildman–Crippen MR) is 97.6 cm³/mol. The van der Waals surface area contributed by atoms with Crippen LogP contribution in [0.5, 0.6) is 0 Å². The highest BCUT2D eigenvalue weighted by Gasteiger charge is 2.20. The standard InChI is InChI=1S/C19H26NO3S/c1-2-3-4-5-8-17(15-24(22,23)20-21)13-16-11-12-18-9-6-7-10-19(18)14-16/h6-7,9-12,14,17,21H,2-5,8,13,15H2,1H3. The number of benzene rings is 2. The van der Waals surface area contributed by atoms with E-state index in [0.29, 0.717) is 6.42 Å². The molecule has 0 saturated carbocycles. The first kappa shape index (κ1) is 18.9. The minimum atomic E-state index is -3.74. The second kappa shape index (κ2) is 9.16. The number of unbranched alkanes of at least 4 members (excludes halogenated alkanes) is 3. The fraction of sp³-hybridized carbons (Fsp3) is 0.474. The molecule has 0 saturated heterocycles. The first-order valence-corrected chi connectivity index (χ1v) is 10.2. The lowest BCUT2D eigenvalue weighted by molar-refractivity contribution is 0.232. The van der Waals surface area contributed by atoms with Gasteiger partial charge in [-0.25, -0.2) is 8.42 Å². The number of nitrogens with zero attached hydrogens (tertiary/aromatic N) is 1. The smallest absolute Gasteiger partial charge is 0.253 e. The highest BCUT2D eigenvalue weighted by molar-refractivity contribution is 7.89. The Labute approximate surface area is 144 Å². The summed E-state index contributed by atoms with van der Waals surface area (Å²) in [5.74, 6) is -0.119. The van der Waals surface area contributed by atoms with Gasteiger partial charge in [-0.2, -0.15) is 0 Å². The topological polar surface area (TPSA) is 68.5 Å². The largest absolute Gasteiger partial charge is 0.283 e. The number of hydrogen-bond acceptors (Lipinski definition) is 3. The summed E-state index contributed by atoms with van der Waals surface area (Å²) >= 11 is 0. The van der Waals surface area contributed by atoms with Gasteiger partial charge in [0, 0.05) is 4.89 Å². The molecule has 1 radical (unpaired) electrons. The summed E-state index contributed by atoms with van der Waals surface area (Å²) in [6, 6.07) is 14.4. The molecular formula is C19H26NO3S. The summed E-state index contributed by atoms with van der Waals surface area (Å²) in [4.78, 5) is 2.57. The van der Waals surface area contributed by atoms with Crippen LogP contribution in [0.1, 0.15) is 44.6 Å². The molecule has 24 heavy (non-hydrogen) atoms. The molecule has 0 heterocycles. The van der Waals surface area contributed by atoms with Gasteiger partial charge < -0.3 is 0 Å². The van der Waals surface area contributed by atoms with Gasteiger partial charge in [0.1, 0.15) is 0 Å². The Morgan fingerprint density at radius 2 is 1.79 bits per heavy atom. The third-order valence-electron chi connectivity index (χ3n) is 4.37. The number of sulfonamides is 1. The van der Waals surface area contributed by atoms with Crippen LogP contribution in [0, 0.1) is 5.92 Å². The fourth-order valence-corrected chi connectivity index (χ4v) is 4.08. The zero-order valence-corrected chi connectivity index (χ0v) is 15.0. The van der Waals surface area contributed by atoms with Crippen molar-refractivity contribution in [1.82, 2.24) is 4.89 Å². The van der Waals surface area contributed by atoms with E-state index in [-0.39, 0.29) is 11.7 Å². The van der Waals surface area contributed by atoms with Gasteiger partial charge in [0.25, 0.3) is 10.0 Å². The molecule has 2 aromatic carbocycles. The van der Waals surface area contributed by atoms with Crippen molar-refractivity contribution in [1.29, 1.82) is 0 Å². The van der Waals surface area contributed by atoms with Crippen molar-refractivity contribution in [3.63, 3.8) is 0 Å². The maximum absolute atomic E-state index is 11.7. The van der Waals surface area contributed by atoms with E-state index in [0.717, 1.165) is 36.6 Å². The third kappa shape index (κ3) is 5.89. The monoisotopic (exact) mass is 348 g/mol. The molecule has 1 atom stereocenters. The van der Waals surface area contributed by atoms with Crippen molar-refractivity contribution in [2.75, 3.05) is 5.75 Å². The van der Waals surface area contributed by atoms with Crippen LogP contribution in [0.2, 0.25) is 0 Å². The zero-order valence-electron chi connectivity index (χ0n) is 14.2. The van der Waals surface area contributed by atoms with E-state index in [4.69, 9.17) is 5.21 Å². The van der Waals surface area contributed by atoms with E-state index in [1.807, 2.05) is 12.1 Å². The molecule has 2 rings (SSSR count). The predicted octanol–water partition coefficient (Wildman–Crippen LogP) is 4.29. The van der Waals surface area contributed by atoms with E-state index in [1.165, 1.54) is 11.8 Å². The minimum absolute atomic E-state index is 0.0241. The van der Waals surface area contributed by atoms with Crippen molar-refractivity contribution in [2.24, 2.45) is 5.92 Å². The molecule has 0 amide bonds. The summed E-state index contributed by atoms with van der Waals surface area (Å²) in [6.07, 6.45) is 5.96. The molecule has 0 aromatic heterocycles. The molecule has 0 aliphatic heterocycles. The van der Waals surface area contributed by atoms with E-state index in [2.05, 4.69) is 42.1 Å². The van der Waals surface area contributed by atoms with Gasteiger partial charge in [0.15, 0.2) is 0 Å². The van der Waals surface area contributed by atoms with E-state index >= 15 is 0 Å². The van der Waals surface area contributed by atoms with E-state index in [9.17, 15) is 8.42 Å². The average molecular weight is 348 g/mol. The maximum atomic E-state index is 11.7. The fourth-order valence-electron chi connectivity index (χ4n) is 3.13. The van der Waals surface area contributed by atoms with Gasteiger partial charge in [-0.1, -0.05) is 75.1 Å². The van der Waals surface area contributed by atoms with Gasteiger partial charge in [-0.3, -0.25) is 5.21 Å². The molecule has 4 nitrogen and oxygen atoms in total. The van der Waals surface area contributed by atoms with Crippen molar-refractivity contribution < 1.29 is 13.6 Å².